The molecule has 0 radical (unpaired) electrons. The maximum absolute atomic E-state index is 5.85. The van der Waals surface area contributed by atoms with Crippen molar-refractivity contribution in [2.45, 2.75) is 33.6 Å². The molecule has 1 aliphatic rings. The van der Waals surface area contributed by atoms with E-state index in [4.69, 9.17) is 4.42 Å². The minimum Gasteiger partial charge on any atom is -0.462 e. The van der Waals surface area contributed by atoms with E-state index in [0.717, 1.165) is 24.4 Å². The van der Waals surface area contributed by atoms with Crippen molar-refractivity contribution in [1.29, 1.82) is 0 Å². The second kappa shape index (κ2) is 5.83. The second-order valence-corrected chi connectivity index (χ2v) is 6.60. The van der Waals surface area contributed by atoms with Gasteiger partial charge in [-0.05, 0) is 77.4 Å². The molecule has 4 rings (SSSR count). The summed E-state index contributed by atoms with van der Waals surface area (Å²) in [4.78, 5) is 0. The molecule has 0 aliphatic heterocycles. The SMILES string of the molecule is CCc1ccccc1-c1c(C)ccc2c1C=C(c1ccc(C)o1)C2. The summed E-state index contributed by atoms with van der Waals surface area (Å²) in [5, 5.41) is 0. The summed E-state index contributed by atoms with van der Waals surface area (Å²) >= 11 is 0. The summed E-state index contributed by atoms with van der Waals surface area (Å²) in [6, 6.07) is 17.4. The fourth-order valence-electron chi connectivity index (χ4n) is 3.72. The lowest BCUT2D eigenvalue weighted by Crippen LogP contribution is -1.95. The van der Waals surface area contributed by atoms with E-state index >= 15 is 0 Å². The van der Waals surface area contributed by atoms with Crippen molar-refractivity contribution in [3.8, 4) is 11.1 Å². The average molecular weight is 314 g/mol. The normalized spacial score (nSPS) is 13.0. The molecule has 0 N–H and O–H groups in total. The van der Waals surface area contributed by atoms with Gasteiger partial charge in [0, 0.05) is 6.42 Å². The zero-order chi connectivity index (χ0) is 16.7. The standard InChI is InChI=1S/C23H22O/c1-4-17-7-5-6-8-20(17)23-15(2)9-11-18-13-19(14-21(18)23)22-12-10-16(3)24-22/h5-12,14H,4,13H2,1-3H3. The number of furan rings is 1. The van der Waals surface area contributed by atoms with E-state index in [9.17, 15) is 0 Å². The zero-order valence-electron chi connectivity index (χ0n) is 14.5. The summed E-state index contributed by atoms with van der Waals surface area (Å²) in [5.74, 6) is 1.96. The first-order chi connectivity index (χ1) is 11.7. The number of allylic oxidation sites excluding steroid dienone is 1. The molecule has 0 fully saturated rings. The molecule has 0 bridgehead atoms. The first-order valence-electron chi connectivity index (χ1n) is 8.65. The smallest absolute Gasteiger partial charge is 0.130 e. The van der Waals surface area contributed by atoms with Gasteiger partial charge in [0.2, 0.25) is 0 Å². The van der Waals surface area contributed by atoms with Crippen LogP contribution in [0.25, 0.3) is 22.8 Å². The average Bonchev–Trinajstić information content (AvgIpc) is 3.21. The van der Waals surface area contributed by atoms with Gasteiger partial charge in [0.05, 0.1) is 0 Å². The van der Waals surface area contributed by atoms with Gasteiger partial charge >= 0.3 is 0 Å². The Labute approximate surface area is 143 Å². The molecule has 0 amide bonds. The van der Waals surface area contributed by atoms with Crippen LogP contribution in [-0.2, 0) is 12.8 Å². The quantitative estimate of drug-likeness (QED) is 0.559. The van der Waals surface area contributed by atoms with Crippen molar-refractivity contribution >= 4 is 11.6 Å². The van der Waals surface area contributed by atoms with E-state index in [-0.39, 0.29) is 0 Å². The molecule has 1 aliphatic carbocycles. The van der Waals surface area contributed by atoms with Gasteiger partial charge in [0.1, 0.15) is 11.5 Å². The van der Waals surface area contributed by atoms with E-state index in [0.29, 0.717) is 0 Å². The third kappa shape index (κ3) is 2.41. The van der Waals surface area contributed by atoms with Crippen molar-refractivity contribution < 1.29 is 4.42 Å². The van der Waals surface area contributed by atoms with Gasteiger partial charge in [-0.25, -0.2) is 0 Å². The molecule has 0 saturated carbocycles. The van der Waals surface area contributed by atoms with Crippen LogP contribution < -0.4 is 0 Å². The zero-order valence-corrected chi connectivity index (χ0v) is 14.5. The Morgan fingerprint density at radius 3 is 2.54 bits per heavy atom. The third-order valence-corrected chi connectivity index (χ3v) is 4.97. The van der Waals surface area contributed by atoms with Crippen LogP contribution in [0.2, 0.25) is 0 Å². The Hall–Kier alpha value is -2.54. The molecule has 24 heavy (non-hydrogen) atoms. The van der Waals surface area contributed by atoms with Gasteiger partial charge in [-0.15, -0.1) is 0 Å². The summed E-state index contributed by atoms with van der Waals surface area (Å²) in [7, 11) is 0. The minimum atomic E-state index is 0.948. The van der Waals surface area contributed by atoms with Crippen LogP contribution in [0.4, 0.5) is 0 Å². The molecule has 0 spiro atoms. The summed E-state index contributed by atoms with van der Waals surface area (Å²) in [5.41, 5.74) is 9.52. The van der Waals surface area contributed by atoms with Crippen molar-refractivity contribution in [2.75, 3.05) is 0 Å². The summed E-state index contributed by atoms with van der Waals surface area (Å²) in [6.45, 7) is 6.44. The fraction of sp³-hybridized carbons (Fsp3) is 0.217. The first kappa shape index (κ1) is 15.0. The number of hydrogen-bond acceptors (Lipinski definition) is 1. The maximum Gasteiger partial charge on any atom is 0.130 e. The third-order valence-electron chi connectivity index (χ3n) is 4.97. The van der Waals surface area contributed by atoms with Crippen LogP contribution in [0.5, 0.6) is 0 Å². The fourth-order valence-corrected chi connectivity index (χ4v) is 3.72. The van der Waals surface area contributed by atoms with Crippen molar-refractivity contribution in [3.63, 3.8) is 0 Å². The topological polar surface area (TPSA) is 13.1 Å². The highest BCUT2D eigenvalue weighted by Crippen LogP contribution is 2.40. The molecular weight excluding hydrogens is 292 g/mol. The Morgan fingerprint density at radius 1 is 0.958 bits per heavy atom. The highest BCUT2D eigenvalue weighted by molar-refractivity contribution is 5.94. The Morgan fingerprint density at radius 2 is 1.79 bits per heavy atom. The molecule has 1 nitrogen and oxygen atoms in total. The number of rotatable bonds is 3. The molecule has 2 aromatic carbocycles. The molecule has 120 valence electrons. The Balaban J connectivity index is 1.89. The predicted octanol–water partition coefficient (Wildman–Crippen LogP) is 6.22. The monoisotopic (exact) mass is 314 g/mol. The van der Waals surface area contributed by atoms with Crippen LogP contribution in [0.3, 0.4) is 0 Å². The van der Waals surface area contributed by atoms with Crippen molar-refractivity contribution in [3.05, 3.63) is 82.3 Å². The van der Waals surface area contributed by atoms with Gasteiger partial charge in [-0.2, -0.15) is 0 Å². The van der Waals surface area contributed by atoms with E-state index < -0.39 is 0 Å². The van der Waals surface area contributed by atoms with Gasteiger partial charge in [0.25, 0.3) is 0 Å². The Bertz CT molecular complexity index is 940. The van der Waals surface area contributed by atoms with E-state index in [1.807, 2.05) is 13.0 Å². The molecule has 3 aromatic rings. The number of benzene rings is 2. The highest BCUT2D eigenvalue weighted by atomic mass is 16.3. The van der Waals surface area contributed by atoms with Gasteiger partial charge in [-0.1, -0.05) is 43.3 Å². The molecule has 1 heterocycles. The lowest BCUT2D eigenvalue weighted by molar-refractivity contribution is 0.521. The van der Waals surface area contributed by atoms with Gasteiger partial charge in [-0.3, -0.25) is 0 Å². The largest absolute Gasteiger partial charge is 0.462 e. The molecule has 0 unspecified atom stereocenters. The maximum atomic E-state index is 5.85. The van der Waals surface area contributed by atoms with Crippen molar-refractivity contribution in [2.24, 2.45) is 0 Å². The minimum absolute atomic E-state index is 0.948. The molecule has 1 aromatic heterocycles. The first-order valence-corrected chi connectivity index (χ1v) is 8.65. The lowest BCUT2D eigenvalue weighted by Gasteiger charge is -2.15. The number of fused-ring (bicyclic) bond motifs is 1. The van der Waals surface area contributed by atoms with E-state index in [2.05, 4.69) is 62.4 Å². The molecule has 1 heteroatoms. The van der Waals surface area contributed by atoms with Gasteiger partial charge < -0.3 is 4.42 Å². The lowest BCUT2D eigenvalue weighted by atomic mass is 9.89. The molecule has 0 atom stereocenters. The summed E-state index contributed by atoms with van der Waals surface area (Å²) < 4.78 is 5.85. The predicted molar refractivity (Wildman–Crippen MR) is 101 cm³/mol. The second-order valence-electron chi connectivity index (χ2n) is 6.60. The van der Waals surface area contributed by atoms with E-state index in [1.165, 1.54) is 39.0 Å². The van der Waals surface area contributed by atoms with E-state index in [1.54, 1.807) is 0 Å². The van der Waals surface area contributed by atoms with Crippen molar-refractivity contribution in [1.82, 2.24) is 0 Å². The van der Waals surface area contributed by atoms with Crippen LogP contribution in [0, 0.1) is 13.8 Å². The summed E-state index contributed by atoms with van der Waals surface area (Å²) in [6.07, 6.45) is 4.32. The highest BCUT2D eigenvalue weighted by Gasteiger charge is 2.21. The van der Waals surface area contributed by atoms with Crippen LogP contribution in [0.15, 0.2) is 52.9 Å². The molecule has 0 saturated heterocycles. The van der Waals surface area contributed by atoms with Gasteiger partial charge in [0.15, 0.2) is 0 Å². The number of hydrogen-bond donors (Lipinski definition) is 0. The van der Waals surface area contributed by atoms with Crippen LogP contribution in [0.1, 0.15) is 40.7 Å². The number of aryl methyl sites for hydroxylation is 3. The Kier molecular flexibility index (Phi) is 3.65. The van der Waals surface area contributed by atoms with Crippen LogP contribution in [-0.4, -0.2) is 0 Å². The van der Waals surface area contributed by atoms with Crippen LogP contribution >= 0.6 is 0 Å². The molecular formula is C23H22O.